The van der Waals surface area contributed by atoms with E-state index >= 15 is 0 Å². The zero-order valence-electron chi connectivity index (χ0n) is 12.3. The average molecular weight is 281 g/mol. The second-order valence-corrected chi connectivity index (χ2v) is 4.64. The van der Waals surface area contributed by atoms with Gasteiger partial charge in [-0.2, -0.15) is 0 Å². The SMILES string of the molecule is CCCNc1ccncc1C(=O)N(C)CC(O)COC. The number of carbonyl (C=O) groups excluding carboxylic acids is 1. The average Bonchev–Trinajstić information content (AvgIpc) is 2.44. The molecule has 6 heteroatoms. The van der Waals surface area contributed by atoms with Crippen LogP contribution in [0.5, 0.6) is 0 Å². The fourth-order valence-electron chi connectivity index (χ4n) is 1.83. The quantitative estimate of drug-likeness (QED) is 0.743. The molecule has 0 aliphatic heterocycles. The van der Waals surface area contributed by atoms with Crippen molar-refractivity contribution < 1.29 is 14.6 Å². The van der Waals surface area contributed by atoms with Gasteiger partial charge in [0, 0.05) is 39.6 Å². The van der Waals surface area contributed by atoms with Crippen LogP contribution in [0.1, 0.15) is 23.7 Å². The summed E-state index contributed by atoms with van der Waals surface area (Å²) in [5.41, 5.74) is 1.27. The lowest BCUT2D eigenvalue weighted by Gasteiger charge is -2.21. The number of carbonyl (C=O) groups is 1. The molecule has 0 spiro atoms. The van der Waals surface area contributed by atoms with Crippen LogP contribution in [0, 0.1) is 0 Å². The van der Waals surface area contributed by atoms with Crippen LogP contribution < -0.4 is 5.32 Å². The Morgan fingerprint density at radius 1 is 1.60 bits per heavy atom. The molecule has 1 aromatic rings. The van der Waals surface area contributed by atoms with E-state index in [-0.39, 0.29) is 19.1 Å². The van der Waals surface area contributed by atoms with E-state index in [1.54, 1.807) is 25.5 Å². The number of nitrogens with zero attached hydrogens (tertiary/aromatic N) is 2. The minimum atomic E-state index is -0.697. The summed E-state index contributed by atoms with van der Waals surface area (Å²) in [5, 5.41) is 12.9. The maximum absolute atomic E-state index is 12.4. The van der Waals surface area contributed by atoms with E-state index in [1.807, 2.05) is 0 Å². The Morgan fingerprint density at radius 2 is 2.35 bits per heavy atom. The van der Waals surface area contributed by atoms with Crippen LogP contribution in [0.2, 0.25) is 0 Å². The number of likely N-dealkylation sites (N-methyl/N-ethyl adjacent to an activating group) is 1. The molecular formula is C14H23N3O3. The van der Waals surface area contributed by atoms with Gasteiger partial charge in [-0.25, -0.2) is 0 Å². The second-order valence-electron chi connectivity index (χ2n) is 4.64. The summed E-state index contributed by atoms with van der Waals surface area (Å²) in [6.07, 6.45) is 3.46. The van der Waals surface area contributed by atoms with Crippen molar-refractivity contribution in [3.05, 3.63) is 24.0 Å². The minimum Gasteiger partial charge on any atom is -0.389 e. The summed E-state index contributed by atoms with van der Waals surface area (Å²) in [7, 11) is 3.16. The van der Waals surface area contributed by atoms with E-state index in [9.17, 15) is 9.90 Å². The standard InChI is InChI=1S/C14H23N3O3/c1-4-6-16-13-5-7-15-8-12(13)14(19)17(2)9-11(18)10-20-3/h5,7-8,11,18H,4,6,9-10H2,1-3H3,(H,15,16). The van der Waals surface area contributed by atoms with Gasteiger partial charge < -0.3 is 20.1 Å². The maximum Gasteiger partial charge on any atom is 0.257 e. The smallest absolute Gasteiger partial charge is 0.257 e. The molecule has 0 aromatic carbocycles. The highest BCUT2D eigenvalue weighted by atomic mass is 16.5. The Morgan fingerprint density at radius 3 is 3.00 bits per heavy atom. The lowest BCUT2D eigenvalue weighted by molar-refractivity contribution is 0.0380. The first kappa shape index (κ1) is 16.4. The van der Waals surface area contributed by atoms with Crippen molar-refractivity contribution >= 4 is 11.6 Å². The molecule has 0 radical (unpaired) electrons. The van der Waals surface area contributed by atoms with Gasteiger partial charge in [-0.3, -0.25) is 9.78 Å². The topological polar surface area (TPSA) is 74.7 Å². The molecule has 0 aliphatic carbocycles. The summed E-state index contributed by atoms with van der Waals surface area (Å²) in [6, 6.07) is 1.78. The van der Waals surface area contributed by atoms with Crippen LogP contribution in [0.3, 0.4) is 0 Å². The second kappa shape index (κ2) is 8.50. The predicted octanol–water partition coefficient (Wildman–Crippen LogP) is 0.983. The third kappa shape index (κ3) is 4.79. The number of methoxy groups -OCH3 is 1. The zero-order chi connectivity index (χ0) is 15.0. The van der Waals surface area contributed by atoms with Gasteiger partial charge in [0.25, 0.3) is 5.91 Å². The molecule has 1 heterocycles. The molecule has 0 bridgehead atoms. The third-order valence-electron chi connectivity index (χ3n) is 2.81. The van der Waals surface area contributed by atoms with Crippen LogP contribution in [0.15, 0.2) is 18.5 Å². The maximum atomic E-state index is 12.4. The summed E-state index contributed by atoms with van der Waals surface area (Å²) in [6.45, 7) is 3.27. The Labute approximate surface area is 119 Å². The normalized spacial score (nSPS) is 12.0. The molecule has 0 saturated carbocycles. The van der Waals surface area contributed by atoms with Gasteiger partial charge >= 0.3 is 0 Å². The van der Waals surface area contributed by atoms with Gasteiger partial charge in [-0.15, -0.1) is 0 Å². The molecule has 0 saturated heterocycles. The lowest BCUT2D eigenvalue weighted by Crippen LogP contribution is -2.36. The number of aliphatic hydroxyl groups excluding tert-OH is 1. The van der Waals surface area contributed by atoms with Gasteiger partial charge in [0.1, 0.15) is 0 Å². The fraction of sp³-hybridized carbons (Fsp3) is 0.571. The summed E-state index contributed by atoms with van der Waals surface area (Å²) in [5.74, 6) is -0.174. The predicted molar refractivity (Wildman–Crippen MR) is 77.9 cm³/mol. The number of nitrogens with one attached hydrogen (secondary N) is 1. The number of amides is 1. The summed E-state index contributed by atoms with van der Waals surface area (Å²) >= 11 is 0. The molecular weight excluding hydrogens is 258 g/mol. The van der Waals surface area contributed by atoms with Crippen molar-refractivity contribution in [2.24, 2.45) is 0 Å². The van der Waals surface area contributed by atoms with Crippen molar-refractivity contribution in [3.63, 3.8) is 0 Å². The van der Waals surface area contributed by atoms with Crippen LogP contribution >= 0.6 is 0 Å². The van der Waals surface area contributed by atoms with Gasteiger partial charge in [-0.1, -0.05) is 6.92 Å². The van der Waals surface area contributed by atoms with Crippen molar-refractivity contribution in [2.75, 3.05) is 39.2 Å². The van der Waals surface area contributed by atoms with Crippen molar-refractivity contribution in [1.29, 1.82) is 0 Å². The molecule has 1 unspecified atom stereocenters. The number of ether oxygens (including phenoxy) is 1. The highest BCUT2D eigenvalue weighted by molar-refractivity contribution is 5.99. The van der Waals surface area contributed by atoms with E-state index in [0.29, 0.717) is 5.56 Å². The Balaban J connectivity index is 2.75. The third-order valence-corrected chi connectivity index (χ3v) is 2.81. The number of pyridine rings is 1. The molecule has 0 aliphatic rings. The van der Waals surface area contributed by atoms with Gasteiger partial charge in [-0.05, 0) is 12.5 Å². The number of aliphatic hydroxyl groups is 1. The largest absolute Gasteiger partial charge is 0.389 e. The summed E-state index contributed by atoms with van der Waals surface area (Å²) in [4.78, 5) is 17.8. The monoisotopic (exact) mass is 281 g/mol. The molecule has 1 atom stereocenters. The highest BCUT2D eigenvalue weighted by Crippen LogP contribution is 2.15. The number of aromatic nitrogens is 1. The minimum absolute atomic E-state index is 0.174. The molecule has 1 amide bonds. The molecule has 2 N–H and O–H groups in total. The van der Waals surface area contributed by atoms with E-state index in [2.05, 4.69) is 17.2 Å². The molecule has 6 nitrogen and oxygen atoms in total. The first-order valence-corrected chi connectivity index (χ1v) is 6.70. The van der Waals surface area contributed by atoms with Crippen LogP contribution in [0.4, 0.5) is 5.69 Å². The van der Waals surface area contributed by atoms with Crippen LogP contribution in [-0.2, 0) is 4.74 Å². The Bertz CT molecular complexity index is 426. The van der Waals surface area contributed by atoms with Gasteiger partial charge in [0.15, 0.2) is 0 Å². The molecule has 1 aromatic heterocycles. The van der Waals surface area contributed by atoms with E-state index in [1.165, 1.54) is 12.0 Å². The van der Waals surface area contributed by atoms with Crippen LogP contribution in [-0.4, -0.2) is 60.9 Å². The van der Waals surface area contributed by atoms with Crippen molar-refractivity contribution in [3.8, 4) is 0 Å². The Hall–Kier alpha value is -1.66. The number of anilines is 1. The Kier molecular flexibility index (Phi) is 6.97. The van der Waals surface area contributed by atoms with Crippen molar-refractivity contribution in [2.45, 2.75) is 19.4 Å². The van der Waals surface area contributed by atoms with Crippen LogP contribution in [0.25, 0.3) is 0 Å². The number of hydrogen-bond donors (Lipinski definition) is 2. The molecule has 20 heavy (non-hydrogen) atoms. The summed E-state index contributed by atoms with van der Waals surface area (Å²) < 4.78 is 4.85. The van der Waals surface area contributed by atoms with Gasteiger partial charge in [0.2, 0.25) is 0 Å². The highest BCUT2D eigenvalue weighted by Gasteiger charge is 2.18. The number of rotatable bonds is 8. The first-order valence-electron chi connectivity index (χ1n) is 6.70. The number of hydrogen-bond acceptors (Lipinski definition) is 5. The fourth-order valence-corrected chi connectivity index (χ4v) is 1.83. The first-order chi connectivity index (χ1) is 9.60. The molecule has 1 rings (SSSR count). The van der Waals surface area contributed by atoms with E-state index in [4.69, 9.17) is 4.74 Å². The van der Waals surface area contributed by atoms with Crippen molar-refractivity contribution in [1.82, 2.24) is 9.88 Å². The van der Waals surface area contributed by atoms with E-state index < -0.39 is 6.10 Å². The molecule has 112 valence electrons. The van der Waals surface area contributed by atoms with E-state index in [0.717, 1.165) is 18.7 Å². The van der Waals surface area contributed by atoms with Gasteiger partial charge in [0.05, 0.1) is 24.0 Å². The zero-order valence-corrected chi connectivity index (χ0v) is 12.3. The lowest BCUT2D eigenvalue weighted by atomic mass is 10.2. The molecule has 0 fully saturated rings.